The minimum absolute atomic E-state index is 0.212. The number of aromatic nitrogens is 3. The molecule has 2 rings (SSSR count). The molecule has 0 radical (unpaired) electrons. The molecule has 1 aliphatic rings. The number of hydrogen-bond donors (Lipinski definition) is 5. The second-order valence-electron chi connectivity index (χ2n) is 5.91. The third-order valence-corrected chi connectivity index (χ3v) is 3.80. The van der Waals surface area contributed by atoms with Gasteiger partial charge in [0.25, 0.3) is 5.88 Å². The van der Waals surface area contributed by atoms with Gasteiger partial charge in [-0.3, -0.25) is 4.79 Å². The van der Waals surface area contributed by atoms with Gasteiger partial charge in [-0.05, 0) is 13.0 Å². The molecule has 5 atom stereocenters. The number of nitrogens with zero attached hydrogens (tertiary/aromatic N) is 3. The Morgan fingerprint density at radius 2 is 2.15 bits per heavy atom. The highest BCUT2D eigenvalue weighted by molar-refractivity contribution is 5.84. The van der Waals surface area contributed by atoms with Gasteiger partial charge in [-0.25, -0.2) is 9.48 Å². The number of rotatable bonds is 8. The zero-order valence-electron chi connectivity index (χ0n) is 14.7. The molecule has 0 aliphatic carbocycles. The summed E-state index contributed by atoms with van der Waals surface area (Å²) in [4.78, 5) is 22.5. The largest absolute Gasteiger partial charge is 0.478 e. The topological polar surface area (TPSA) is 176 Å². The molecule has 150 valence electrons. The normalized spacial score (nSPS) is 24.3. The molecule has 1 amide bonds. The number of amides is 1. The van der Waals surface area contributed by atoms with Gasteiger partial charge in [-0.15, -0.1) is 0 Å². The van der Waals surface area contributed by atoms with Gasteiger partial charge in [0.05, 0.1) is 25.4 Å². The number of carboxylic acids is 1. The Bertz CT molecular complexity index is 706. The van der Waals surface area contributed by atoms with E-state index >= 15 is 0 Å². The first-order chi connectivity index (χ1) is 12.7. The van der Waals surface area contributed by atoms with Crippen LogP contribution in [0.5, 0.6) is 5.88 Å². The second-order valence-corrected chi connectivity index (χ2v) is 5.91. The summed E-state index contributed by atoms with van der Waals surface area (Å²) in [5.74, 6) is -2.35. The lowest BCUT2D eigenvalue weighted by atomic mass is 9.93. The van der Waals surface area contributed by atoms with Crippen LogP contribution in [0.15, 0.2) is 18.0 Å². The quantitative estimate of drug-likeness (QED) is 0.324. The molecule has 0 saturated heterocycles. The fraction of sp³-hybridized carbons (Fsp3) is 0.600. The zero-order valence-corrected chi connectivity index (χ0v) is 14.7. The van der Waals surface area contributed by atoms with Crippen molar-refractivity contribution in [1.29, 1.82) is 0 Å². The van der Waals surface area contributed by atoms with E-state index < -0.39 is 48.1 Å². The first-order valence-corrected chi connectivity index (χ1v) is 8.19. The van der Waals surface area contributed by atoms with Crippen LogP contribution in [-0.2, 0) is 20.9 Å². The predicted molar refractivity (Wildman–Crippen MR) is 87.4 cm³/mol. The number of aliphatic carboxylic acids is 1. The van der Waals surface area contributed by atoms with E-state index in [9.17, 15) is 24.9 Å². The van der Waals surface area contributed by atoms with Crippen LogP contribution in [0.2, 0.25) is 0 Å². The average Bonchev–Trinajstić information content (AvgIpc) is 3.02. The third kappa shape index (κ3) is 5.15. The molecule has 27 heavy (non-hydrogen) atoms. The molecule has 0 aromatic carbocycles. The van der Waals surface area contributed by atoms with Gasteiger partial charge in [-0.1, -0.05) is 10.3 Å². The summed E-state index contributed by atoms with van der Waals surface area (Å²) in [6.07, 6.45) is -3.66. The number of aliphatic hydroxyl groups is 3. The standard InChI is InChI=1S/C15H22N4O8/c1-3-26-11-6-19(18-17-11)5-9(22)13(23)14-12(16-7(2)20)8(21)4-10(27-14)15(24)25/h4,6,8-9,12-14,21-23H,3,5H2,1-2H3,(H,16,20)(H,24,25)/t8-,9+,12+,13+,14+/m0/s1. The van der Waals surface area contributed by atoms with Crippen molar-refractivity contribution in [3.8, 4) is 5.88 Å². The van der Waals surface area contributed by atoms with E-state index in [-0.39, 0.29) is 12.4 Å². The monoisotopic (exact) mass is 386 g/mol. The van der Waals surface area contributed by atoms with Gasteiger partial charge in [0.2, 0.25) is 11.7 Å². The SMILES string of the molecule is CCOc1cn(C[C@@H](O)[C@@H](O)[C@@H]2OC(C(=O)O)=C[C@H](O)[C@H]2NC(C)=O)nn1. The summed E-state index contributed by atoms with van der Waals surface area (Å²) in [5.41, 5.74) is 0. The highest BCUT2D eigenvalue weighted by Crippen LogP contribution is 2.23. The summed E-state index contributed by atoms with van der Waals surface area (Å²) >= 11 is 0. The second kappa shape index (κ2) is 8.79. The van der Waals surface area contributed by atoms with Crippen molar-refractivity contribution < 1.29 is 39.5 Å². The maximum atomic E-state index is 11.4. The van der Waals surface area contributed by atoms with Crippen molar-refractivity contribution in [3.63, 3.8) is 0 Å². The molecule has 1 aromatic heterocycles. The molecule has 12 nitrogen and oxygen atoms in total. The van der Waals surface area contributed by atoms with Crippen LogP contribution in [0.4, 0.5) is 0 Å². The van der Waals surface area contributed by atoms with Crippen LogP contribution in [0.25, 0.3) is 0 Å². The maximum absolute atomic E-state index is 11.4. The van der Waals surface area contributed by atoms with Gasteiger partial charge in [-0.2, -0.15) is 0 Å². The van der Waals surface area contributed by atoms with Crippen molar-refractivity contribution in [2.75, 3.05) is 6.61 Å². The Kier molecular flexibility index (Phi) is 6.71. The van der Waals surface area contributed by atoms with Gasteiger partial charge < -0.3 is 35.2 Å². The highest BCUT2D eigenvalue weighted by Gasteiger charge is 2.43. The molecule has 0 saturated carbocycles. The number of nitrogens with one attached hydrogen (secondary N) is 1. The summed E-state index contributed by atoms with van der Waals surface area (Å²) < 4.78 is 11.6. The van der Waals surface area contributed by atoms with Crippen molar-refractivity contribution in [1.82, 2.24) is 20.3 Å². The van der Waals surface area contributed by atoms with Gasteiger partial charge in [0.15, 0.2) is 6.10 Å². The molecule has 0 unspecified atom stereocenters. The van der Waals surface area contributed by atoms with E-state index in [1.165, 1.54) is 17.8 Å². The first kappa shape index (κ1) is 20.6. The van der Waals surface area contributed by atoms with Crippen LogP contribution < -0.4 is 10.1 Å². The van der Waals surface area contributed by atoms with Crippen molar-refractivity contribution in [2.24, 2.45) is 0 Å². The van der Waals surface area contributed by atoms with Crippen LogP contribution in [0.1, 0.15) is 13.8 Å². The number of carbonyl (C=O) groups is 2. The number of carbonyl (C=O) groups excluding carboxylic acids is 1. The third-order valence-electron chi connectivity index (χ3n) is 3.80. The van der Waals surface area contributed by atoms with E-state index in [1.54, 1.807) is 6.92 Å². The van der Waals surface area contributed by atoms with E-state index in [0.717, 1.165) is 6.08 Å². The zero-order chi connectivity index (χ0) is 20.1. The van der Waals surface area contributed by atoms with E-state index in [2.05, 4.69) is 15.6 Å². The lowest BCUT2D eigenvalue weighted by molar-refractivity contribution is -0.148. The molecule has 0 fully saturated rings. The molecule has 1 aliphatic heterocycles. The van der Waals surface area contributed by atoms with Gasteiger partial charge in [0.1, 0.15) is 18.3 Å². The first-order valence-electron chi connectivity index (χ1n) is 8.19. The predicted octanol–water partition coefficient (Wildman–Crippen LogP) is -2.37. The Balaban J connectivity index is 2.15. The summed E-state index contributed by atoms with van der Waals surface area (Å²) in [7, 11) is 0. The lowest BCUT2D eigenvalue weighted by Crippen LogP contribution is -2.59. The fourth-order valence-electron chi connectivity index (χ4n) is 2.62. The Morgan fingerprint density at radius 1 is 1.44 bits per heavy atom. The Labute approximate surface area is 154 Å². The number of ether oxygens (including phenoxy) is 2. The van der Waals surface area contributed by atoms with Crippen LogP contribution in [0, 0.1) is 0 Å². The summed E-state index contributed by atoms with van der Waals surface area (Å²) in [6.45, 7) is 3.11. The lowest BCUT2D eigenvalue weighted by Gasteiger charge is -2.38. The van der Waals surface area contributed by atoms with Gasteiger partial charge >= 0.3 is 5.97 Å². The van der Waals surface area contributed by atoms with Crippen LogP contribution in [-0.4, -0.2) is 84.4 Å². The highest BCUT2D eigenvalue weighted by atomic mass is 16.5. The van der Waals surface area contributed by atoms with Crippen molar-refractivity contribution in [2.45, 2.75) is 50.8 Å². The molecular formula is C15H22N4O8. The molecule has 2 heterocycles. The Morgan fingerprint density at radius 3 is 2.74 bits per heavy atom. The smallest absolute Gasteiger partial charge is 0.370 e. The number of aliphatic hydroxyl groups excluding tert-OH is 3. The molecular weight excluding hydrogens is 364 g/mol. The van der Waals surface area contributed by atoms with E-state index in [1.807, 2.05) is 0 Å². The molecule has 5 N–H and O–H groups in total. The van der Waals surface area contributed by atoms with Crippen molar-refractivity contribution >= 4 is 11.9 Å². The molecule has 0 spiro atoms. The average molecular weight is 386 g/mol. The van der Waals surface area contributed by atoms with Crippen LogP contribution in [0.3, 0.4) is 0 Å². The minimum atomic E-state index is -1.65. The molecule has 0 bridgehead atoms. The fourth-order valence-corrected chi connectivity index (χ4v) is 2.62. The minimum Gasteiger partial charge on any atom is -0.478 e. The summed E-state index contributed by atoms with van der Waals surface area (Å²) in [5, 5.41) is 49.8. The van der Waals surface area contributed by atoms with E-state index in [4.69, 9.17) is 14.6 Å². The number of carboxylic acid groups (broad SMARTS) is 1. The van der Waals surface area contributed by atoms with Crippen molar-refractivity contribution in [3.05, 3.63) is 18.0 Å². The maximum Gasteiger partial charge on any atom is 0.370 e. The van der Waals surface area contributed by atoms with Gasteiger partial charge in [0, 0.05) is 6.92 Å². The Hall–Kier alpha value is -2.70. The molecule has 1 aromatic rings. The van der Waals surface area contributed by atoms with Crippen LogP contribution >= 0.6 is 0 Å². The number of hydrogen-bond acceptors (Lipinski definition) is 9. The van der Waals surface area contributed by atoms with E-state index in [0.29, 0.717) is 6.61 Å². The summed E-state index contributed by atoms with van der Waals surface area (Å²) in [6, 6.07) is -1.16. The molecule has 12 heteroatoms.